The molecule has 0 amide bonds. The summed E-state index contributed by atoms with van der Waals surface area (Å²) >= 11 is 0. The van der Waals surface area contributed by atoms with Gasteiger partial charge < -0.3 is 14.0 Å². The molecule has 29 heavy (non-hydrogen) atoms. The maximum Gasteiger partial charge on any atom is 0.347 e. The minimum atomic E-state index is -0.428. The molecule has 0 spiro atoms. The van der Waals surface area contributed by atoms with E-state index in [9.17, 15) is 4.79 Å². The zero-order valence-electron chi connectivity index (χ0n) is 16.8. The monoisotopic (exact) mass is 391 g/mol. The van der Waals surface area contributed by atoms with Crippen LogP contribution in [0, 0.1) is 5.92 Å². The van der Waals surface area contributed by atoms with E-state index in [-0.39, 0.29) is 17.9 Å². The third-order valence-electron chi connectivity index (χ3n) is 5.58. The average molecular weight is 391 g/mol. The number of carbonyl (C=O) groups is 1. The van der Waals surface area contributed by atoms with E-state index < -0.39 is 5.97 Å². The molecule has 1 heterocycles. The van der Waals surface area contributed by atoms with E-state index in [1.54, 1.807) is 6.92 Å². The van der Waals surface area contributed by atoms with Crippen molar-refractivity contribution in [2.75, 3.05) is 13.2 Å². The van der Waals surface area contributed by atoms with Gasteiger partial charge in [0.2, 0.25) is 6.61 Å². The molecule has 1 fully saturated rings. The van der Waals surface area contributed by atoms with Crippen LogP contribution in [0.5, 0.6) is 0 Å². The van der Waals surface area contributed by atoms with Crippen LogP contribution in [0.4, 0.5) is 0 Å². The second kappa shape index (κ2) is 8.11. The Bertz CT molecular complexity index is 983. The summed E-state index contributed by atoms with van der Waals surface area (Å²) in [4.78, 5) is 16.9. The van der Waals surface area contributed by atoms with Crippen molar-refractivity contribution in [3.8, 4) is 0 Å². The van der Waals surface area contributed by atoms with Crippen LogP contribution in [0.3, 0.4) is 0 Å². The first-order valence-corrected chi connectivity index (χ1v) is 9.99. The number of para-hydroxylation sites is 1. The van der Waals surface area contributed by atoms with E-state index in [4.69, 9.17) is 14.0 Å². The molecule has 4 rings (SSSR count). The maximum atomic E-state index is 11.6. The minimum absolute atomic E-state index is 0.0971. The van der Waals surface area contributed by atoms with E-state index in [2.05, 4.69) is 36.3 Å². The third-order valence-corrected chi connectivity index (χ3v) is 5.58. The topological polar surface area (TPSA) is 61.0 Å². The smallest absolute Gasteiger partial charge is 0.347 e. The highest BCUT2D eigenvalue weighted by molar-refractivity contribution is 6.03. The number of rotatable bonds is 7. The van der Waals surface area contributed by atoms with E-state index in [1.165, 1.54) is 5.56 Å². The molecule has 1 saturated carbocycles. The molecule has 0 bridgehead atoms. The highest BCUT2D eigenvalue weighted by Crippen LogP contribution is 2.49. The van der Waals surface area contributed by atoms with Crippen LogP contribution >= 0.6 is 0 Å². The summed E-state index contributed by atoms with van der Waals surface area (Å²) in [5.74, 6) is 0.459. The standard InChI is InChI=1S/C24H25NO4/c1-3-27-22(26)16-28-25-23(21-13-17-9-7-8-12-20(17)29-21)18-14-24(2,15-18)19-10-5-4-6-11-19/h4-13,18H,3,14-16H2,1-2H3/b25-23+. The summed E-state index contributed by atoms with van der Waals surface area (Å²) in [6.45, 7) is 4.15. The van der Waals surface area contributed by atoms with Crippen LogP contribution < -0.4 is 0 Å². The van der Waals surface area contributed by atoms with Gasteiger partial charge in [0.25, 0.3) is 0 Å². The molecule has 0 atom stereocenters. The van der Waals surface area contributed by atoms with E-state index in [0.717, 1.165) is 29.5 Å². The highest BCUT2D eigenvalue weighted by atomic mass is 16.7. The van der Waals surface area contributed by atoms with Crippen molar-refractivity contribution in [3.05, 3.63) is 72.0 Å². The lowest BCUT2D eigenvalue weighted by molar-refractivity contribution is -0.148. The van der Waals surface area contributed by atoms with Crippen LogP contribution in [-0.4, -0.2) is 24.9 Å². The number of hydrogen-bond acceptors (Lipinski definition) is 5. The lowest BCUT2D eigenvalue weighted by atomic mass is 9.58. The third kappa shape index (κ3) is 4.04. The first-order chi connectivity index (χ1) is 14.1. The molecule has 1 aliphatic rings. The zero-order chi connectivity index (χ0) is 20.3. The van der Waals surface area contributed by atoms with E-state index >= 15 is 0 Å². The minimum Gasteiger partial charge on any atom is -0.463 e. The van der Waals surface area contributed by atoms with Gasteiger partial charge in [-0.2, -0.15) is 0 Å². The molecular weight excluding hydrogens is 366 g/mol. The molecule has 0 saturated heterocycles. The average Bonchev–Trinajstić information content (AvgIpc) is 3.14. The molecule has 0 aliphatic heterocycles. The molecule has 150 valence electrons. The number of fused-ring (bicyclic) bond motifs is 1. The fourth-order valence-corrected chi connectivity index (χ4v) is 4.08. The number of carbonyl (C=O) groups excluding carboxylic acids is 1. The molecule has 5 nitrogen and oxygen atoms in total. The molecular formula is C24H25NO4. The summed E-state index contributed by atoms with van der Waals surface area (Å²) in [6, 6.07) is 20.4. The first kappa shape index (κ1) is 19.2. The van der Waals surface area contributed by atoms with Crippen molar-refractivity contribution in [3.63, 3.8) is 0 Å². The van der Waals surface area contributed by atoms with Gasteiger partial charge in [0, 0.05) is 11.3 Å². The lowest BCUT2D eigenvalue weighted by Gasteiger charge is -2.45. The quantitative estimate of drug-likeness (QED) is 0.320. The summed E-state index contributed by atoms with van der Waals surface area (Å²) in [5, 5.41) is 5.33. The summed E-state index contributed by atoms with van der Waals surface area (Å²) < 4.78 is 11.0. The number of ether oxygens (including phenoxy) is 1. The second-order valence-corrected chi connectivity index (χ2v) is 7.74. The Kier molecular flexibility index (Phi) is 5.38. The fourth-order valence-electron chi connectivity index (χ4n) is 4.08. The Hall–Kier alpha value is -3.08. The van der Waals surface area contributed by atoms with E-state index in [1.807, 2.05) is 36.4 Å². The van der Waals surface area contributed by atoms with Crippen LogP contribution in [0.25, 0.3) is 11.0 Å². The zero-order valence-corrected chi connectivity index (χ0v) is 16.8. The summed E-state index contributed by atoms with van der Waals surface area (Å²) in [6.07, 6.45) is 1.88. The van der Waals surface area contributed by atoms with Gasteiger partial charge in [-0.15, -0.1) is 0 Å². The number of esters is 1. The Morgan fingerprint density at radius 1 is 1.14 bits per heavy atom. The van der Waals surface area contributed by atoms with Gasteiger partial charge in [-0.3, -0.25) is 0 Å². The fraction of sp³-hybridized carbons (Fsp3) is 0.333. The summed E-state index contributed by atoms with van der Waals surface area (Å²) in [5.41, 5.74) is 2.98. The Morgan fingerprint density at radius 2 is 1.86 bits per heavy atom. The SMILES string of the molecule is CCOC(=O)CO/N=C(/c1cc2ccccc2o1)C1CC(C)(c2ccccc2)C1. The van der Waals surface area contributed by atoms with E-state index in [0.29, 0.717) is 12.4 Å². The largest absolute Gasteiger partial charge is 0.463 e. The van der Waals surface area contributed by atoms with Gasteiger partial charge in [-0.05, 0) is 42.9 Å². The maximum absolute atomic E-state index is 11.6. The lowest BCUT2D eigenvalue weighted by Crippen LogP contribution is -2.42. The van der Waals surface area contributed by atoms with Gasteiger partial charge in [0.1, 0.15) is 11.3 Å². The van der Waals surface area contributed by atoms with Crippen molar-refractivity contribution in [1.29, 1.82) is 0 Å². The second-order valence-electron chi connectivity index (χ2n) is 7.74. The van der Waals surface area contributed by atoms with Crippen molar-refractivity contribution in [2.24, 2.45) is 11.1 Å². The van der Waals surface area contributed by atoms with Gasteiger partial charge in [-0.1, -0.05) is 60.6 Å². The molecule has 2 aromatic carbocycles. The molecule has 0 unspecified atom stereocenters. The summed E-state index contributed by atoms with van der Waals surface area (Å²) in [7, 11) is 0. The van der Waals surface area contributed by atoms with Gasteiger partial charge in [0.05, 0.1) is 6.61 Å². The predicted octanol–water partition coefficient (Wildman–Crippen LogP) is 5.08. The molecule has 5 heteroatoms. The molecule has 0 radical (unpaired) electrons. The van der Waals surface area contributed by atoms with Crippen LogP contribution in [0.15, 0.2) is 70.2 Å². The molecule has 3 aromatic rings. The predicted molar refractivity (Wildman–Crippen MR) is 112 cm³/mol. The Balaban J connectivity index is 1.56. The Morgan fingerprint density at radius 3 is 2.59 bits per heavy atom. The molecule has 0 N–H and O–H groups in total. The molecule has 1 aliphatic carbocycles. The highest BCUT2D eigenvalue weighted by Gasteiger charge is 2.45. The van der Waals surface area contributed by atoms with Gasteiger partial charge in [-0.25, -0.2) is 4.79 Å². The number of oxime groups is 1. The van der Waals surface area contributed by atoms with Crippen molar-refractivity contribution in [2.45, 2.75) is 32.1 Å². The normalized spacial score (nSPS) is 21.6. The van der Waals surface area contributed by atoms with Crippen molar-refractivity contribution >= 4 is 22.7 Å². The number of furan rings is 1. The van der Waals surface area contributed by atoms with Crippen LogP contribution in [-0.2, 0) is 19.8 Å². The number of nitrogens with zero attached hydrogens (tertiary/aromatic N) is 1. The van der Waals surface area contributed by atoms with Gasteiger partial charge in [0.15, 0.2) is 5.76 Å². The van der Waals surface area contributed by atoms with Crippen molar-refractivity contribution < 1.29 is 18.8 Å². The van der Waals surface area contributed by atoms with Crippen LogP contribution in [0.2, 0.25) is 0 Å². The van der Waals surface area contributed by atoms with Crippen LogP contribution in [0.1, 0.15) is 38.0 Å². The first-order valence-electron chi connectivity index (χ1n) is 9.99. The molecule has 1 aromatic heterocycles. The van der Waals surface area contributed by atoms with Gasteiger partial charge >= 0.3 is 5.97 Å². The number of benzene rings is 2. The Labute approximate surface area is 170 Å². The number of hydrogen-bond donors (Lipinski definition) is 0. The van der Waals surface area contributed by atoms with Crippen molar-refractivity contribution in [1.82, 2.24) is 0 Å².